The van der Waals surface area contributed by atoms with Crippen molar-refractivity contribution in [1.29, 1.82) is 0 Å². The predicted molar refractivity (Wildman–Crippen MR) is 160 cm³/mol. The van der Waals surface area contributed by atoms with Crippen molar-refractivity contribution >= 4 is 17.3 Å². The van der Waals surface area contributed by atoms with Gasteiger partial charge in [0.25, 0.3) is 0 Å². The van der Waals surface area contributed by atoms with Crippen molar-refractivity contribution in [2.45, 2.75) is 71.1 Å². The smallest absolute Gasteiger partial charge is 0.349 e. The van der Waals surface area contributed by atoms with Gasteiger partial charge in [-0.25, -0.2) is 9.97 Å². The third-order valence-electron chi connectivity index (χ3n) is 8.44. The average molecular weight is 586 g/mol. The number of hydrogen-bond acceptors (Lipinski definition) is 6. The van der Waals surface area contributed by atoms with Gasteiger partial charge in [0.05, 0.1) is 12.2 Å². The molecule has 4 aromatic rings. The number of Topliss-reactive ketones (excluding diaryl/α,β-unsaturated/α-hetero) is 1. The van der Waals surface area contributed by atoms with Gasteiger partial charge in [0.2, 0.25) is 0 Å². The zero-order chi connectivity index (χ0) is 30.1. The van der Waals surface area contributed by atoms with Crippen LogP contribution in [0.25, 0.3) is 0 Å². The van der Waals surface area contributed by atoms with Crippen LogP contribution in [0.1, 0.15) is 75.4 Å². The van der Waals surface area contributed by atoms with E-state index in [2.05, 4.69) is 20.9 Å². The number of nitrogens with zero attached hydrogens (tertiary/aromatic N) is 5. The first-order valence-corrected chi connectivity index (χ1v) is 14.7. The molecule has 6 rings (SSSR count). The third kappa shape index (κ3) is 6.40. The van der Waals surface area contributed by atoms with Gasteiger partial charge in [-0.15, -0.1) is 0 Å². The minimum Gasteiger partial charge on any atom is -0.349 e. The third-order valence-corrected chi connectivity index (χ3v) is 8.44. The van der Waals surface area contributed by atoms with Crippen LogP contribution < -0.4 is 9.80 Å². The van der Waals surface area contributed by atoms with Crippen molar-refractivity contribution in [1.82, 2.24) is 15.0 Å². The van der Waals surface area contributed by atoms with Gasteiger partial charge in [0.1, 0.15) is 11.6 Å². The Hall–Kier alpha value is -4.27. The van der Waals surface area contributed by atoms with E-state index >= 15 is 0 Å². The summed E-state index contributed by atoms with van der Waals surface area (Å²) in [6.07, 6.45) is 4.55. The van der Waals surface area contributed by atoms with E-state index in [0.717, 1.165) is 70.3 Å². The molecule has 0 bridgehead atoms. The Balaban J connectivity index is 1.26. The molecular weight excluding hydrogens is 551 g/mol. The quantitative estimate of drug-likeness (QED) is 0.213. The maximum atomic E-state index is 13.2. The summed E-state index contributed by atoms with van der Waals surface area (Å²) in [4.78, 5) is 31.9. The molecule has 1 fully saturated rings. The molecule has 0 atom stereocenters. The summed E-state index contributed by atoms with van der Waals surface area (Å²) in [5.41, 5.74) is 5.17. The molecule has 43 heavy (non-hydrogen) atoms. The Morgan fingerprint density at radius 2 is 1.74 bits per heavy atom. The number of carbonyl (C=O) groups excluding carboxylic acids is 1. The molecule has 1 aliphatic carbocycles. The summed E-state index contributed by atoms with van der Waals surface area (Å²) in [6, 6.07) is 15.0. The molecule has 0 saturated heterocycles. The molecule has 2 aliphatic rings. The van der Waals surface area contributed by atoms with E-state index in [0.29, 0.717) is 25.7 Å². The van der Waals surface area contributed by atoms with E-state index in [1.54, 1.807) is 0 Å². The normalized spacial score (nSPS) is 15.6. The molecule has 0 N–H and O–H groups in total. The summed E-state index contributed by atoms with van der Waals surface area (Å²) in [6.45, 7) is 5.29. The number of ketones is 1. The Morgan fingerprint density at radius 1 is 0.953 bits per heavy atom. The van der Waals surface area contributed by atoms with Crippen molar-refractivity contribution in [3.05, 3.63) is 112 Å². The second-order valence-corrected chi connectivity index (χ2v) is 11.7. The highest BCUT2D eigenvalue weighted by Gasteiger charge is 2.33. The summed E-state index contributed by atoms with van der Waals surface area (Å²) in [5, 5.41) is 0. The lowest BCUT2D eigenvalue weighted by atomic mass is 9.99. The first kappa shape index (κ1) is 28.8. The lowest BCUT2D eigenvalue weighted by molar-refractivity contribution is -0.137. The summed E-state index contributed by atoms with van der Waals surface area (Å²) in [7, 11) is 0. The van der Waals surface area contributed by atoms with Crippen LogP contribution in [0.4, 0.5) is 24.7 Å². The Kier molecular flexibility index (Phi) is 7.90. The average Bonchev–Trinajstić information content (AvgIpc) is 3.53. The fourth-order valence-electron chi connectivity index (χ4n) is 6.10. The molecule has 9 heteroatoms. The Bertz CT molecular complexity index is 1630. The van der Waals surface area contributed by atoms with Crippen LogP contribution >= 0.6 is 0 Å². The minimum absolute atomic E-state index is 0.0195. The zero-order valence-electron chi connectivity index (χ0n) is 24.4. The largest absolute Gasteiger partial charge is 0.416 e. The molecule has 0 spiro atoms. The van der Waals surface area contributed by atoms with E-state index in [-0.39, 0.29) is 17.8 Å². The molecule has 0 amide bonds. The number of anilines is 2. The number of hydrogen-bond donors (Lipinski definition) is 0. The van der Waals surface area contributed by atoms with Gasteiger partial charge in [0, 0.05) is 60.3 Å². The fraction of sp³-hybridized carbons (Fsp3) is 0.353. The Morgan fingerprint density at radius 3 is 2.49 bits per heavy atom. The maximum Gasteiger partial charge on any atom is 0.416 e. The first-order chi connectivity index (χ1) is 20.6. The van der Waals surface area contributed by atoms with Gasteiger partial charge in [-0.3, -0.25) is 9.78 Å². The second-order valence-electron chi connectivity index (χ2n) is 11.7. The van der Waals surface area contributed by atoms with Crippen molar-refractivity contribution < 1.29 is 18.0 Å². The number of alkyl halides is 3. The summed E-state index contributed by atoms with van der Waals surface area (Å²) in [5.74, 6) is 1.41. The highest BCUT2D eigenvalue weighted by molar-refractivity contribution is 5.97. The van der Waals surface area contributed by atoms with Crippen LogP contribution in [-0.4, -0.2) is 33.4 Å². The minimum atomic E-state index is -4.49. The molecule has 1 aliphatic heterocycles. The predicted octanol–water partition coefficient (Wildman–Crippen LogP) is 7.25. The number of aromatic nitrogens is 3. The molecular formula is C34H34F3N5O. The number of pyridine rings is 1. The van der Waals surface area contributed by atoms with Crippen molar-refractivity contribution in [3.63, 3.8) is 0 Å². The van der Waals surface area contributed by atoms with Crippen molar-refractivity contribution in [2.24, 2.45) is 0 Å². The first-order valence-electron chi connectivity index (χ1n) is 14.7. The van der Waals surface area contributed by atoms with E-state index in [9.17, 15) is 18.0 Å². The van der Waals surface area contributed by atoms with E-state index in [4.69, 9.17) is 9.97 Å². The molecule has 1 saturated carbocycles. The summed E-state index contributed by atoms with van der Waals surface area (Å²) >= 11 is 0. The monoisotopic (exact) mass is 585 g/mol. The molecule has 0 unspecified atom stereocenters. The van der Waals surface area contributed by atoms with Crippen molar-refractivity contribution in [2.75, 3.05) is 16.5 Å². The van der Waals surface area contributed by atoms with Crippen LogP contribution in [0.5, 0.6) is 0 Å². The second kappa shape index (κ2) is 11.8. The number of halogens is 3. The molecule has 0 radical (unpaired) electrons. The van der Waals surface area contributed by atoms with Crippen LogP contribution in [0.3, 0.4) is 0 Å². The lowest BCUT2D eigenvalue weighted by Gasteiger charge is -2.42. The fourth-order valence-corrected chi connectivity index (χ4v) is 6.10. The summed E-state index contributed by atoms with van der Waals surface area (Å²) < 4.78 is 39.6. The molecule has 6 nitrogen and oxygen atoms in total. The standard InChI is InChI=1S/C34H34F3N5O/c1-22-10-12-24(15-31(43)26-6-5-7-28(17-26)34(35,36)37)14-30(22)41-20-27-19-39-32(16-25-13-11-23(2)38-18-25)40-33(27)42(21-41)29-8-3-4-9-29/h5-7,10-14,17-19,29H,3-4,8-9,15-16,20-21H2,1-2H3. The zero-order valence-corrected chi connectivity index (χ0v) is 24.4. The van der Waals surface area contributed by atoms with Crippen LogP contribution in [0, 0.1) is 13.8 Å². The molecule has 2 aromatic heterocycles. The highest BCUT2D eigenvalue weighted by atomic mass is 19.4. The van der Waals surface area contributed by atoms with Gasteiger partial charge >= 0.3 is 6.18 Å². The number of fused-ring (bicyclic) bond motifs is 1. The van der Waals surface area contributed by atoms with E-state index in [1.165, 1.54) is 25.0 Å². The maximum absolute atomic E-state index is 13.2. The van der Waals surface area contributed by atoms with Crippen LogP contribution in [0.2, 0.25) is 0 Å². The molecule has 2 aromatic carbocycles. The molecule has 222 valence electrons. The van der Waals surface area contributed by atoms with E-state index in [1.807, 2.05) is 50.5 Å². The van der Waals surface area contributed by atoms with Crippen LogP contribution in [-0.2, 0) is 25.6 Å². The number of aryl methyl sites for hydroxylation is 2. The van der Waals surface area contributed by atoms with Crippen LogP contribution in [0.15, 0.2) is 67.0 Å². The van der Waals surface area contributed by atoms with Gasteiger partial charge < -0.3 is 9.80 Å². The van der Waals surface area contributed by atoms with Gasteiger partial charge in [-0.1, -0.05) is 43.2 Å². The van der Waals surface area contributed by atoms with Gasteiger partial charge in [-0.2, -0.15) is 13.2 Å². The topological polar surface area (TPSA) is 62.2 Å². The SMILES string of the molecule is Cc1ccc(Cc2ncc3c(n2)N(C2CCCC2)CN(c2cc(CC(=O)c4cccc(C(F)(F)F)c4)ccc2C)C3)cn1. The number of rotatable bonds is 7. The van der Waals surface area contributed by atoms with Gasteiger partial charge in [-0.05, 0) is 67.6 Å². The van der Waals surface area contributed by atoms with Crippen molar-refractivity contribution in [3.8, 4) is 0 Å². The van der Waals surface area contributed by atoms with E-state index < -0.39 is 11.7 Å². The molecule has 3 heterocycles. The number of benzene rings is 2. The lowest BCUT2D eigenvalue weighted by Crippen LogP contribution is -2.48. The van der Waals surface area contributed by atoms with Gasteiger partial charge in [0.15, 0.2) is 5.78 Å². The number of carbonyl (C=O) groups is 1. The highest BCUT2D eigenvalue weighted by Crippen LogP contribution is 2.36. The Labute approximate surface area is 249 Å².